The van der Waals surface area contributed by atoms with Gasteiger partial charge in [0.1, 0.15) is 18.3 Å². The molecule has 2 atom stereocenters. The van der Waals surface area contributed by atoms with E-state index in [1.807, 2.05) is 23.1 Å². The number of benzene rings is 1. The van der Waals surface area contributed by atoms with E-state index in [0.29, 0.717) is 30.5 Å². The first-order valence-electron chi connectivity index (χ1n) is 9.94. The Kier molecular flexibility index (Phi) is 5.41. The van der Waals surface area contributed by atoms with E-state index in [9.17, 15) is 14.7 Å². The first kappa shape index (κ1) is 21.5. The van der Waals surface area contributed by atoms with E-state index in [2.05, 4.69) is 4.98 Å². The minimum atomic E-state index is -1.89. The van der Waals surface area contributed by atoms with Gasteiger partial charge >= 0.3 is 5.97 Å². The van der Waals surface area contributed by atoms with Crippen LogP contribution in [-0.4, -0.2) is 72.7 Å². The summed E-state index contributed by atoms with van der Waals surface area (Å²) in [7, 11) is 4.61. The molecule has 0 bridgehead atoms. The van der Waals surface area contributed by atoms with Crippen LogP contribution in [0, 0.1) is 0 Å². The van der Waals surface area contributed by atoms with Crippen LogP contribution in [0.2, 0.25) is 5.02 Å². The van der Waals surface area contributed by atoms with Crippen molar-refractivity contribution in [2.75, 3.05) is 40.8 Å². The van der Waals surface area contributed by atoms with Crippen LogP contribution >= 0.6 is 11.6 Å². The molecule has 0 aliphatic carbocycles. The van der Waals surface area contributed by atoms with E-state index in [0.717, 1.165) is 16.8 Å². The molecule has 2 aliphatic heterocycles. The SMILES string of the molecule is COC(=O)[C@]1(C(=O)[O-])CN(C2c3ccc(Cl)cc3OCc3cccnc32)CC[N+]1(C)C. The van der Waals surface area contributed by atoms with Gasteiger partial charge in [0.25, 0.3) is 0 Å². The zero-order chi connectivity index (χ0) is 22.4. The van der Waals surface area contributed by atoms with E-state index in [4.69, 9.17) is 21.1 Å². The highest BCUT2D eigenvalue weighted by atomic mass is 35.5. The second-order valence-electron chi connectivity index (χ2n) is 8.44. The number of likely N-dealkylation sites (N-methyl/N-ethyl adjacent to an activating group) is 1. The fourth-order valence-corrected chi connectivity index (χ4v) is 4.74. The van der Waals surface area contributed by atoms with Crippen molar-refractivity contribution in [2.24, 2.45) is 0 Å². The van der Waals surface area contributed by atoms with Gasteiger partial charge in [-0.2, -0.15) is 0 Å². The van der Waals surface area contributed by atoms with E-state index >= 15 is 0 Å². The van der Waals surface area contributed by atoms with E-state index < -0.39 is 23.5 Å². The van der Waals surface area contributed by atoms with Crippen molar-refractivity contribution < 1.29 is 28.7 Å². The Morgan fingerprint density at radius 3 is 2.84 bits per heavy atom. The number of fused-ring (bicyclic) bond motifs is 2. The molecule has 1 unspecified atom stereocenters. The van der Waals surface area contributed by atoms with Crippen LogP contribution in [0.15, 0.2) is 36.5 Å². The molecule has 9 heteroatoms. The van der Waals surface area contributed by atoms with Gasteiger partial charge in [0.2, 0.25) is 5.54 Å². The number of halogens is 1. The van der Waals surface area contributed by atoms with Gasteiger partial charge in [0, 0.05) is 28.9 Å². The number of pyridine rings is 1. The molecule has 1 fully saturated rings. The average molecular weight is 446 g/mol. The van der Waals surface area contributed by atoms with Gasteiger partial charge < -0.3 is 23.9 Å². The molecule has 164 valence electrons. The Hall–Kier alpha value is -2.68. The van der Waals surface area contributed by atoms with Crippen molar-refractivity contribution in [3.05, 3.63) is 58.4 Å². The Bertz CT molecular complexity index is 1040. The van der Waals surface area contributed by atoms with Crippen LogP contribution in [0.3, 0.4) is 0 Å². The van der Waals surface area contributed by atoms with Crippen LogP contribution in [0.5, 0.6) is 5.75 Å². The fraction of sp³-hybridized carbons (Fsp3) is 0.409. The summed E-state index contributed by atoms with van der Waals surface area (Å²) in [5.41, 5.74) is 0.567. The second kappa shape index (κ2) is 7.78. The number of esters is 1. The Morgan fingerprint density at radius 1 is 1.35 bits per heavy atom. The maximum Gasteiger partial charge on any atom is 0.375 e. The van der Waals surface area contributed by atoms with Crippen molar-refractivity contribution >= 4 is 23.5 Å². The van der Waals surface area contributed by atoms with Crippen LogP contribution in [0.25, 0.3) is 0 Å². The normalized spacial score (nSPS) is 24.8. The van der Waals surface area contributed by atoms with Gasteiger partial charge in [-0.1, -0.05) is 23.7 Å². The maximum atomic E-state index is 12.8. The van der Waals surface area contributed by atoms with Crippen molar-refractivity contribution in [3.8, 4) is 5.75 Å². The first-order chi connectivity index (χ1) is 14.7. The number of methoxy groups -OCH3 is 1. The molecule has 4 rings (SSSR count). The minimum Gasteiger partial charge on any atom is -0.543 e. The van der Waals surface area contributed by atoms with Crippen LogP contribution in [-0.2, 0) is 20.9 Å². The van der Waals surface area contributed by atoms with Gasteiger partial charge in [-0.25, -0.2) is 4.79 Å². The van der Waals surface area contributed by atoms with Gasteiger partial charge in [-0.3, -0.25) is 9.88 Å². The number of hydrogen-bond donors (Lipinski definition) is 0. The summed E-state index contributed by atoms with van der Waals surface area (Å²) in [6.07, 6.45) is 1.70. The first-order valence-corrected chi connectivity index (χ1v) is 10.3. The topological polar surface area (TPSA) is 91.8 Å². The number of hydrogen-bond acceptors (Lipinski definition) is 7. The number of carbonyl (C=O) groups is 2. The number of ether oxygens (including phenoxy) is 2. The van der Waals surface area contributed by atoms with Crippen molar-refractivity contribution in [2.45, 2.75) is 18.2 Å². The monoisotopic (exact) mass is 445 g/mol. The smallest absolute Gasteiger partial charge is 0.375 e. The molecule has 2 aromatic rings. The number of aliphatic carboxylic acids is 1. The highest BCUT2D eigenvalue weighted by Crippen LogP contribution is 2.42. The molecule has 1 aromatic carbocycles. The molecular weight excluding hydrogens is 422 g/mol. The lowest BCUT2D eigenvalue weighted by molar-refractivity contribution is -0.929. The summed E-state index contributed by atoms with van der Waals surface area (Å²) in [5, 5.41) is 12.9. The summed E-state index contributed by atoms with van der Waals surface area (Å²) in [5.74, 6) is -1.69. The predicted molar refractivity (Wildman–Crippen MR) is 110 cm³/mol. The van der Waals surface area contributed by atoms with Crippen molar-refractivity contribution in [1.29, 1.82) is 0 Å². The minimum absolute atomic E-state index is 0.0791. The zero-order valence-electron chi connectivity index (χ0n) is 17.6. The quantitative estimate of drug-likeness (QED) is 0.391. The number of carboxylic acid groups (broad SMARTS) is 1. The Balaban J connectivity index is 1.88. The number of quaternary nitrogens is 1. The Morgan fingerprint density at radius 2 is 2.13 bits per heavy atom. The molecular formula is C22H24ClN3O5. The molecule has 31 heavy (non-hydrogen) atoms. The molecule has 3 heterocycles. The zero-order valence-corrected chi connectivity index (χ0v) is 18.4. The van der Waals surface area contributed by atoms with E-state index in [-0.39, 0.29) is 11.0 Å². The standard InChI is InChI=1S/C22H24ClN3O5/c1-26(2)10-9-25(13-22(26,20(27)28)21(29)30-3)19-16-7-6-15(23)11-17(16)31-12-14-5-4-8-24-18(14)19/h4-8,11,19H,9-10,12-13H2,1-3H3/t19?,22-/m1/s1. The van der Waals surface area contributed by atoms with Crippen LogP contribution in [0.1, 0.15) is 22.9 Å². The third-order valence-electron chi connectivity index (χ3n) is 6.48. The molecule has 0 N–H and O–H groups in total. The van der Waals surface area contributed by atoms with Crippen LogP contribution < -0.4 is 9.84 Å². The number of carboxylic acids is 1. The molecule has 2 aliphatic rings. The van der Waals surface area contributed by atoms with Gasteiger partial charge in [-0.05, 0) is 18.2 Å². The molecule has 0 radical (unpaired) electrons. The lowest BCUT2D eigenvalue weighted by Crippen LogP contribution is -2.79. The molecule has 1 saturated heterocycles. The van der Waals surface area contributed by atoms with E-state index in [1.54, 1.807) is 32.4 Å². The van der Waals surface area contributed by atoms with Crippen molar-refractivity contribution in [1.82, 2.24) is 9.88 Å². The fourth-order valence-electron chi connectivity index (χ4n) is 4.58. The maximum absolute atomic E-state index is 12.8. The Labute approximate surface area is 185 Å². The third kappa shape index (κ3) is 3.35. The molecule has 0 spiro atoms. The molecule has 0 amide bonds. The largest absolute Gasteiger partial charge is 0.543 e. The number of aromatic nitrogens is 1. The molecule has 0 saturated carbocycles. The van der Waals surface area contributed by atoms with E-state index in [1.165, 1.54) is 7.11 Å². The molecule has 1 aromatic heterocycles. The number of nitrogens with zero attached hydrogens (tertiary/aromatic N) is 3. The second-order valence-corrected chi connectivity index (χ2v) is 8.88. The number of piperazine rings is 1. The summed E-state index contributed by atoms with van der Waals surface area (Å²) < 4.78 is 10.9. The summed E-state index contributed by atoms with van der Waals surface area (Å²) in [6.45, 7) is 1.14. The predicted octanol–water partition coefficient (Wildman–Crippen LogP) is 0.771. The lowest BCUT2D eigenvalue weighted by atomic mass is 9.88. The number of carbonyl (C=O) groups excluding carboxylic acids is 2. The lowest BCUT2D eigenvalue weighted by Gasteiger charge is -2.53. The van der Waals surface area contributed by atoms with Gasteiger partial charge in [-0.15, -0.1) is 0 Å². The number of rotatable bonds is 3. The van der Waals surface area contributed by atoms with Crippen molar-refractivity contribution in [3.63, 3.8) is 0 Å². The van der Waals surface area contributed by atoms with Gasteiger partial charge in [0.15, 0.2) is 0 Å². The van der Waals surface area contributed by atoms with Crippen LogP contribution in [0.4, 0.5) is 0 Å². The summed E-state index contributed by atoms with van der Waals surface area (Å²) in [4.78, 5) is 31.8. The third-order valence-corrected chi connectivity index (χ3v) is 6.71. The highest BCUT2D eigenvalue weighted by molar-refractivity contribution is 6.30. The highest BCUT2D eigenvalue weighted by Gasteiger charge is 2.59. The summed E-state index contributed by atoms with van der Waals surface area (Å²) in [6, 6.07) is 8.71. The van der Waals surface area contributed by atoms with Gasteiger partial charge in [0.05, 0.1) is 46.0 Å². The summed E-state index contributed by atoms with van der Waals surface area (Å²) >= 11 is 6.20. The molecule has 8 nitrogen and oxygen atoms in total. The average Bonchev–Trinajstić information content (AvgIpc) is 2.89.